The molecule has 0 bridgehead atoms. The zero-order valence-corrected chi connectivity index (χ0v) is 13.2. The SMILES string of the molecule is CNCc1ccc(S(=O)(=O)NCC2(C)CCCC2)s1. The van der Waals surface area contributed by atoms with E-state index in [0.717, 1.165) is 17.7 Å². The van der Waals surface area contributed by atoms with E-state index in [2.05, 4.69) is 17.0 Å². The van der Waals surface area contributed by atoms with Crippen molar-refractivity contribution in [2.24, 2.45) is 5.41 Å². The van der Waals surface area contributed by atoms with Crippen molar-refractivity contribution in [3.05, 3.63) is 17.0 Å². The molecule has 0 spiro atoms. The van der Waals surface area contributed by atoms with Gasteiger partial charge in [-0.1, -0.05) is 19.8 Å². The summed E-state index contributed by atoms with van der Waals surface area (Å²) >= 11 is 1.33. The summed E-state index contributed by atoms with van der Waals surface area (Å²) in [6.45, 7) is 3.43. The molecule has 0 radical (unpaired) electrons. The molecule has 1 aliphatic rings. The van der Waals surface area contributed by atoms with E-state index in [1.54, 1.807) is 6.07 Å². The molecule has 0 amide bonds. The molecular formula is C13H22N2O2S2. The fraction of sp³-hybridized carbons (Fsp3) is 0.692. The Hall–Kier alpha value is -0.430. The van der Waals surface area contributed by atoms with E-state index in [9.17, 15) is 8.42 Å². The van der Waals surface area contributed by atoms with Crippen LogP contribution in [-0.2, 0) is 16.6 Å². The number of rotatable bonds is 6. The van der Waals surface area contributed by atoms with Crippen LogP contribution >= 0.6 is 11.3 Å². The molecule has 2 rings (SSSR count). The van der Waals surface area contributed by atoms with Crippen LogP contribution in [0, 0.1) is 5.41 Å². The highest BCUT2D eigenvalue weighted by Crippen LogP contribution is 2.37. The lowest BCUT2D eigenvalue weighted by atomic mass is 9.89. The Kier molecular flexibility index (Phi) is 4.66. The fourth-order valence-electron chi connectivity index (χ4n) is 2.52. The van der Waals surface area contributed by atoms with Gasteiger partial charge in [-0.05, 0) is 37.4 Å². The highest BCUT2D eigenvalue weighted by Gasteiger charge is 2.30. The predicted molar refractivity (Wildman–Crippen MR) is 78.8 cm³/mol. The van der Waals surface area contributed by atoms with Gasteiger partial charge in [-0.2, -0.15) is 0 Å². The Morgan fingerprint density at radius 1 is 1.32 bits per heavy atom. The highest BCUT2D eigenvalue weighted by atomic mass is 32.2. The van der Waals surface area contributed by atoms with Crippen molar-refractivity contribution in [3.8, 4) is 0 Å². The largest absolute Gasteiger partial charge is 0.315 e. The van der Waals surface area contributed by atoms with Gasteiger partial charge < -0.3 is 5.32 Å². The van der Waals surface area contributed by atoms with Gasteiger partial charge in [0.2, 0.25) is 10.0 Å². The monoisotopic (exact) mass is 302 g/mol. The van der Waals surface area contributed by atoms with E-state index in [1.807, 2.05) is 13.1 Å². The molecule has 19 heavy (non-hydrogen) atoms. The molecule has 0 aliphatic heterocycles. The first-order valence-corrected chi connectivity index (χ1v) is 8.98. The number of sulfonamides is 1. The van der Waals surface area contributed by atoms with Crippen molar-refractivity contribution in [2.75, 3.05) is 13.6 Å². The van der Waals surface area contributed by atoms with Crippen LogP contribution in [-0.4, -0.2) is 22.0 Å². The van der Waals surface area contributed by atoms with Gasteiger partial charge in [0.15, 0.2) is 0 Å². The maximum absolute atomic E-state index is 12.2. The maximum Gasteiger partial charge on any atom is 0.250 e. The van der Waals surface area contributed by atoms with Crippen LogP contribution in [0.5, 0.6) is 0 Å². The van der Waals surface area contributed by atoms with Gasteiger partial charge in [-0.3, -0.25) is 0 Å². The molecule has 4 nitrogen and oxygen atoms in total. The lowest BCUT2D eigenvalue weighted by molar-refractivity contribution is 0.336. The average Bonchev–Trinajstić information content (AvgIpc) is 2.98. The minimum atomic E-state index is -3.34. The average molecular weight is 302 g/mol. The molecule has 2 N–H and O–H groups in total. The number of hydrogen-bond donors (Lipinski definition) is 2. The van der Waals surface area contributed by atoms with Crippen LogP contribution in [0.4, 0.5) is 0 Å². The van der Waals surface area contributed by atoms with Crippen molar-refractivity contribution < 1.29 is 8.42 Å². The summed E-state index contributed by atoms with van der Waals surface area (Å²) in [5, 5.41) is 3.03. The summed E-state index contributed by atoms with van der Waals surface area (Å²) in [5.41, 5.74) is 0.137. The molecule has 108 valence electrons. The third-order valence-corrected chi connectivity index (χ3v) is 6.73. The Morgan fingerprint density at radius 3 is 2.63 bits per heavy atom. The van der Waals surface area contributed by atoms with Gasteiger partial charge in [0.1, 0.15) is 4.21 Å². The van der Waals surface area contributed by atoms with Crippen LogP contribution in [0.3, 0.4) is 0 Å². The summed E-state index contributed by atoms with van der Waals surface area (Å²) in [6.07, 6.45) is 4.66. The second-order valence-corrected chi connectivity index (χ2v) is 8.76. The van der Waals surface area contributed by atoms with Crippen molar-refractivity contribution in [1.29, 1.82) is 0 Å². The Bertz CT molecular complexity index is 517. The first-order valence-electron chi connectivity index (χ1n) is 6.68. The van der Waals surface area contributed by atoms with Crippen LogP contribution < -0.4 is 10.0 Å². The standard InChI is InChI=1S/C13H22N2O2S2/c1-13(7-3-4-8-13)10-15-19(16,17)12-6-5-11(18-12)9-14-2/h5-6,14-15H,3-4,7-10H2,1-2H3. The Labute approximate surface area is 119 Å². The highest BCUT2D eigenvalue weighted by molar-refractivity contribution is 7.91. The van der Waals surface area contributed by atoms with Crippen molar-refractivity contribution in [3.63, 3.8) is 0 Å². The molecule has 1 aromatic heterocycles. The van der Waals surface area contributed by atoms with E-state index in [-0.39, 0.29) is 5.41 Å². The van der Waals surface area contributed by atoms with E-state index in [4.69, 9.17) is 0 Å². The third kappa shape index (κ3) is 3.78. The van der Waals surface area contributed by atoms with Gasteiger partial charge in [-0.15, -0.1) is 11.3 Å². The van der Waals surface area contributed by atoms with Gasteiger partial charge >= 0.3 is 0 Å². The lowest BCUT2D eigenvalue weighted by Gasteiger charge is -2.23. The van der Waals surface area contributed by atoms with Crippen molar-refractivity contribution in [2.45, 2.75) is 43.4 Å². The maximum atomic E-state index is 12.2. The van der Waals surface area contributed by atoms with Gasteiger partial charge in [0.25, 0.3) is 0 Å². The predicted octanol–water partition coefficient (Wildman–Crippen LogP) is 2.33. The van der Waals surface area contributed by atoms with Crippen LogP contribution in [0.2, 0.25) is 0 Å². The van der Waals surface area contributed by atoms with Crippen LogP contribution in [0.1, 0.15) is 37.5 Å². The summed E-state index contributed by atoms with van der Waals surface area (Å²) in [4.78, 5) is 1.04. The van der Waals surface area contributed by atoms with E-state index >= 15 is 0 Å². The second-order valence-electron chi connectivity index (χ2n) is 5.59. The summed E-state index contributed by atoms with van der Waals surface area (Å²) < 4.78 is 27.6. The molecule has 1 saturated carbocycles. The molecule has 1 heterocycles. The van der Waals surface area contributed by atoms with Crippen LogP contribution in [0.15, 0.2) is 16.3 Å². The molecule has 0 aromatic carbocycles. The number of nitrogens with one attached hydrogen (secondary N) is 2. The summed E-state index contributed by atoms with van der Waals surface area (Å²) in [6, 6.07) is 3.56. The minimum absolute atomic E-state index is 0.137. The molecular weight excluding hydrogens is 280 g/mol. The van der Waals surface area contributed by atoms with E-state index in [0.29, 0.717) is 17.3 Å². The molecule has 6 heteroatoms. The molecule has 1 fully saturated rings. The Morgan fingerprint density at radius 2 is 2.00 bits per heavy atom. The van der Waals surface area contributed by atoms with Gasteiger partial charge in [0, 0.05) is 18.0 Å². The molecule has 1 aliphatic carbocycles. The zero-order chi connectivity index (χ0) is 13.9. The fourth-order valence-corrected chi connectivity index (χ4v) is 5.13. The first kappa shape index (κ1) is 15.0. The summed E-state index contributed by atoms with van der Waals surface area (Å²) in [5.74, 6) is 0. The van der Waals surface area contributed by atoms with Crippen molar-refractivity contribution in [1.82, 2.24) is 10.0 Å². The molecule has 0 atom stereocenters. The van der Waals surface area contributed by atoms with Crippen LogP contribution in [0.25, 0.3) is 0 Å². The molecule has 1 aromatic rings. The topological polar surface area (TPSA) is 58.2 Å². The van der Waals surface area contributed by atoms with Gasteiger partial charge in [-0.25, -0.2) is 13.1 Å². The minimum Gasteiger partial charge on any atom is -0.315 e. The summed E-state index contributed by atoms with van der Waals surface area (Å²) in [7, 11) is -1.49. The third-order valence-electron chi connectivity index (χ3n) is 3.75. The molecule has 0 saturated heterocycles. The molecule has 0 unspecified atom stereocenters. The number of thiophene rings is 1. The number of hydrogen-bond acceptors (Lipinski definition) is 4. The first-order chi connectivity index (χ1) is 8.95. The van der Waals surface area contributed by atoms with Crippen molar-refractivity contribution >= 4 is 21.4 Å². The van der Waals surface area contributed by atoms with E-state index < -0.39 is 10.0 Å². The smallest absolute Gasteiger partial charge is 0.250 e. The normalized spacial score (nSPS) is 18.8. The second kappa shape index (κ2) is 5.91. The van der Waals surface area contributed by atoms with E-state index in [1.165, 1.54) is 24.2 Å². The quantitative estimate of drug-likeness (QED) is 0.848. The Balaban J connectivity index is 2.01. The lowest BCUT2D eigenvalue weighted by Crippen LogP contribution is -2.33. The zero-order valence-electron chi connectivity index (χ0n) is 11.5. The van der Waals surface area contributed by atoms with Gasteiger partial charge in [0.05, 0.1) is 0 Å².